The summed E-state index contributed by atoms with van der Waals surface area (Å²) in [5, 5.41) is 6.25. The number of benzene rings is 2. The lowest BCUT2D eigenvalue weighted by atomic mass is 10.3. The fraction of sp³-hybridized carbons (Fsp3) is 0. The Balaban J connectivity index is 2.13. The van der Waals surface area contributed by atoms with Crippen LogP contribution in [0.2, 0.25) is 10.0 Å². The van der Waals surface area contributed by atoms with Gasteiger partial charge < -0.3 is 10.6 Å². The smallest absolute Gasteiger partial charge is 0.175 e. The van der Waals surface area contributed by atoms with E-state index in [-0.39, 0.29) is 10.8 Å². The van der Waals surface area contributed by atoms with Crippen LogP contribution < -0.4 is 10.6 Å². The summed E-state index contributed by atoms with van der Waals surface area (Å²) in [6.07, 6.45) is 0. The Hall–Kier alpha value is -1.43. The maximum absolute atomic E-state index is 13.4. The zero-order chi connectivity index (χ0) is 14.7. The first kappa shape index (κ1) is 15.0. The van der Waals surface area contributed by atoms with Crippen LogP contribution in [-0.4, -0.2) is 5.11 Å². The van der Waals surface area contributed by atoms with Gasteiger partial charge in [0.1, 0.15) is 11.6 Å². The molecular weight excluding hydrogens is 325 g/mol. The predicted octanol–water partition coefficient (Wildman–Crippen LogP) is 5.08. The van der Waals surface area contributed by atoms with E-state index in [2.05, 4.69) is 10.6 Å². The highest BCUT2D eigenvalue weighted by molar-refractivity contribution is 7.80. The van der Waals surface area contributed by atoms with Crippen LogP contribution in [0.5, 0.6) is 0 Å². The Labute approximate surface area is 129 Å². The first-order valence-electron chi connectivity index (χ1n) is 5.44. The molecule has 104 valence electrons. The van der Waals surface area contributed by atoms with Crippen LogP contribution >= 0.6 is 35.4 Å². The van der Waals surface area contributed by atoms with E-state index in [1.54, 1.807) is 18.2 Å². The maximum atomic E-state index is 13.4. The third kappa shape index (κ3) is 3.79. The molecule has 0 aliphatic heterocycles. The maximum Gasteiger partial charge on any atom is 0.175 e. The molecule has 0 atom stereocenters. The van der Waals surface area contributed by atoms with Gasteiger partial charge in [0.25, 0.3) is 0 Å². The molecule has 0 fully saturated rings. The normalized spacial score (nSPS) is 10.2. The molecular formula is C13H8Cl2F2N2S. The van der Waals surface area contributed by atoms with Gasteiger partial charge in [0.15, 0.2) is 5.11 Å². The molecule has 2 rings (SSSR count). The zero-order valence-corrected chi connectivity index (χ0v) is 12.2. The van der Waals surface area contributed by atoms with Gasteiger partial charge in [-0.15, -0.1) is 0 Å². The third-order valence-electron chi connectivity index (χ3n) is 2.35. The van der Waals surface area contributed by atoms with Crippen molar-refractivity contribution in [1.82, 2.24) is 0 Å². The second-order valence-electron chi connectivity index (χ2n) is 3.83. The van der Waals surface area contributed by atoms with Gasteiger partial charge in [-0.3, -0.25) is 0 Å². The fourth-order valence-corrected chi connectivity index (χ4v) is 2.02. The molecule has 7 heteroatoms. The molecule has 0 saturated heterocycles. The molecule has 0 aliphatic rings. The molecule has 0 aliphatic carbocycles. The minimum atomic E-state index is -0.618. The highest BCUT2D eigenvalue weighted by Crippen LogP contribution is 2.25. The molecule has 0 aromatic heterocycles. The Morgan fingerprint density at radius 3 is 2.40 bits per heavy atom. The monoisotopic (exact) mass is 332 g/mol. The lowest BCUT2D eigenvalue weighted by molar-refractivity contribution is 0.604. The molecule has 2 aromatic carbocycles. The SMILES string of the molecule is Fc1ccc(F)c(NC(=S)Nc2cc(Cl)ccc2Cl)c1. The van der Waals surface area contributed by atoms with Gasteiger partial charge in [-0.2, -0.15) is 0 Å². The summed E-state index contributed by atoms with van der Waals surface area (Å²) in [5.74, 6) is -1.19. The summed E-state index contributed by atoms with van der Waals surface area (Å²) < 4.78 is 26.5. The largest absolute Gasteiger partial charge is 0.331 e. The highest BCUT2D eigenvalue weighted by Gasteiger charge is 2.08. The summed E-state index contributed by atoms with van der Waals surface area (Å²) in [6, 6.07) is 7.82. The molecule has 0 amide bonds. The molecule has 2 aromatic rings. The zero-order valence-electron chi connectivity index (χ0n) is 9.88. The van der Waals surface area contributed by atoms with E-state index in [0.717, 1.165) is 18.2 Å². The number of anilines is 2. The van der Waals surface area contributed by atoms with Gasteiger partial charge in [0.05, 0.1) is 16.4 Å². The standard InChI is InChI=1S/C13H8Cl2F2N2S/c14-7-1-3-9(15)11(5-7)18-13(20)19-12-6-8(16)2-4-10(12)17/h1-6H,(H2,18,19,20). The van der Waals surface area contributed by atoms with E-state index in [1.807, 2.05) is 0 Å². The lowest BCUT2D eigenvalue weighted by Crippen LogP contribution is -2.20. The quantitative estimate of drug-likeness (QED) is 0.750. The molecule has 0 bridgehead atoms. The topological polar surface area (TPSA) is 24.1 Å². The van der Waals surface area contributed by atoms with Crippen LogP contribution in [0, 0.1) is 11.6 Å². The molecule has 20 heavy (non-hydrogen) atoms. The summed E-state index contributed by atoms with van der Waals surface area (Å²) in [5.41, 5.74) is 0.397. The molecule has 2 nitrogen and oxygen atoms in total. The third-order valence-corrected chi connectivity index (χ3v) is 3.12. The van der Waals surface area contributed by atoms with E-state index in [1.165, 1.54) is 0 Å². The Morgan fingerprint density at radius 2 is 1.65 bits per heavy atom. The number of rotatable bonds is 2. The Bertz CT molecular complexity index is 609. The van der Waals surface area contributed by atoms with Crippen molar-refractivity contribution in [3.05, 3.63) is 58.1 Å². The van der Waals surface area contributed by atoms with E-state index in [4.69, 9.17) is 35.4 Å². The Morgan fingerprint density at radius 1 is 0.950 bits per heavy atom. The fourth-order valence-electron chi connectivity index (χ4n) is 1.46. The Kier molecular flexibility index (Phi) is 4.75. The molecule has 2 N–H and O–H groups in total. The van der Waals surface area contributed by atoms with Crippen LogP contribution in [0.15, 0.2) is 36.4 Å². The molecule has 0 spiro atoms. The molecule has 0 saturated carbocycles. The lowest BCUT2D eigenvalue weighted by Gasteiger charge is -2.12. The number of hydrogen-bond acceptors (Lipinski definition) is 1. The van der Waals surface area contributed by atoms with E-state index < -0.39 is 11.6 Å². The van der Waals surface area contributed by atoms with Crippen molar-refractivity contribution < 1.29 is 8.78 Å². The van der Waals surface area contributed by atoms with Gasteiger partial charge in [-0.1, -0.05) is 23.2 Å². The van der Waals surface area contributed by atoms with Gasteiger partial charge in [-0.25, -0.2) is 8.78 Å². The first-order chi connectivity index (χ1) is 9.45. The van der Waals surface area contributed by atoms with Crippen LogP contribution in [-0.2, 0) is 0 Å². The van der Waals surface area contributed by atoms with Gasteiger partial charge in [-0.05, 0) is 42.5 Å². The second-order valence-corrected chi connectivity index (χ2v) is 5.08. The summed E-state index contributed by atoms with van der Waals surface area (Å²) in [7, 11) is 0. The van der Waals surface area contributed by atoms with Crippen molar-refractivity contribution >= 4 is 51.9 Å². The van der Waals surface area contributed by atoms with E-state index >= 15 is 0 Å². The number of nitrogens with one attached hydrogen (secondary N) is 2. The predicted molar refractivity (Wildman–Crippen MR) is 82.7 cm³/mol. The second kappa shape index (κ2) is 6.35. The van der Waals surface area contributed by atoms with E-state index in [9.17, 15) is 8.78 Å². The van der Waals surface area contributed by atoms with Crippen LogP contribution in [0.25, 0.3) is 0 Å². The molecule has 0 radical (unpaired) electrons. The summed E-state index contributed by atoms with van der Waals surface area (Å²) >= 11 is 16.8. The van der Waals surface area contributed by atoms with Gasteiger partial charge >= 0.3 is 0 Å². The minimum Gasteiger partial charge on any atom is -0.331 e. The van der Waals surface area contributed by atoms with Crippen molar-refractivity contribution in [1.29, 1.82) is 0 Å². The van der Waals surface area contributed by atoms with Crippen LogP contribution in [0.3, 0.4) is 0 Å². The van der Waals surface area contributed by atoms with Crippen LogP contribution in [0.1, 0.15) is 0 Å². The average molecular weight is 333 g/mol. The minimum absolute atomic E-state index is 0.0682. The summed E-state index contributed by atoms with van der Waals surface area (Å²) in [4.78, 5) is 0. The average Bonchev–Trinajstić information content (AvgIpc) is 2.38. The first-order valence-corrected chi connectivity index (χ1v) is 6.60. The van der Waals surface area contributed by atoms with Crippen molar-refractivity contribution in [3.63, 3.8) is 0 Å². The highest BCUT2D eigenvalue weighted by atomic mass is 35.5. The van der Waals surface area contributed by atoms with Gasteiger partial charge in [0, 0.05) is 11.1 Å². The number of hydrogen-bond donors (Lipinski definition) is 2. The van der Waals surface area contributed by atoms with Crippen molar-refractivity contribution in [2.45, 2.75) is 0 Å². The number of halogens is 4. The van der Waals surface area contributed by atoms with Crippen LogP contribution in [0.4, 0.5) is 20.2 Å². The molecule has 0 heterocycles. The molecule has 0 unspecified atom stereocenters. The van der Waals surface area contributed by atoms with Crippen molar-refractivity contribution in [2.24, 2.45) is 0 Å². The van der Waals surface area contributed by atoms with Crippen molar-refractivity contribution in [3.8, 4) is 0 Å². The van der Waals surface area contributed by atoms with Crippen molar-refractivity contribution in [2.75, 3.05) is 10.6 Å². The van der Waals surface area contributed by atoms with E-state index in [0.29, 0.717) is 15.7 Å². The van der Waals surface area contributed by atoms with Gasteiger partial charge in [0.2, 0.25) is 0 Å². The number of thiocarbonyl (C=S) groups is 1. The summed E-state index contributed by atoms with van der Waals surface area (Å²) in [6.45, 7) is 0.